The second kappa shape index (κ2) is 7.27. The molecule has 0 spiro atoms. The molecule has 1 aromatic heterocycles. The summed E-state index contributed by atoms with van der Waals surface area (Å²) in [5, 5.41) is 10.5. The molecule has 2 amide bonds. The molecule has 2 unspecified atom stereocenters. The van der Waals surface area contributed by atoms with Crippen molar-refractivity contribution in [2.45, 2.75) is 44.3 Å². The number of piperidine rings is 1. The summed E-state index contributed by atoms with van der Waals surface area (Å²) in [5.41, 5.74) is 1.19. The van der Waals surface area contributed by atoms with Crippen LogP contribution < -0.4 is 10.6 Å². The zero-order valence-electron chi connectivity index (χ0n) is 14.4. The minimum atomic E-state index is -0.151. The molecule has 3 heterocycles. The molecule has 2 aliphatic heterocycles. The van der Waals surface area contributed by atoms with Crippen LogP contribution in [-0.4, -0.2) is 45.9 Å². The highest BCUT2D eigenvalue weighted by atomic mass is 16.2. The number of nitrogens with zero attached hydrogens (tertiary/aromatic N) is 3. The molecule has 1 aromatic carbocycles. The van der Waals surface area contributed by atoms with Crippen LogP contribution in [0.1, 0.15) is 31.2 Å². The normalized spacial score (nSPS) is 23.2. The zero-order valence-corrected chi connectivity index (χ0v) is 14.4. The molecule has 2 atom stereocenters. The van der Waals surface area contributed by atoms with Crippen molar-refractivity contribution in [3.05, 3.63) is 48.2 Å². The Kier molecular flexibility index (Phi) is 4.70. The van der Waals surface area contributed by atoms with E-state index in [1.54, 1.807) is 0 Å². The van der Waals surface area contributed by atoms with Crippen LogP contribution in [0, 0.1) is 0 Å². The number of amides is 2. The maximum Gasteiger partial charge on any atom is 0.320 e. The van der Waals surface area contributed by atoms with Crippen LogP contribution >= 0.6 is 0 Å². The quantitative estimate of drug-likeness (QED) is 0.900. The Morgan fingerprint density at radius 2 is 2.00 bits per heavy atom. The molecule has 2 fully saturated rings. The van der Waals surface area contributed by atoms with Crippen molar-refractivity contribution in [1.82, 2.24) is 20.0 Å². The molecule has 4 rings (SSSR count). The van der Waals surface area contributed by atoms with Crippen molar-refractivity contribution < 1.29 is 4.79 Å². The van der Waals surface area contributed by atoms with Gasteiger partial charge in [0.15, 0.2) is 5.82 Å². The van der Waals surface area contributed by atoms with Gasteiger partial charge in [0.2, 0.25) is 0 Å². The standard InChI is InChI=1S/C19H25N5O/c25-19(20-16-9-12-23-11-5-4-8-17(16)23)21-18-10-13-24(22-18)14-15-6-2-1-3-7-15/h1-3,6-7,10,13,16-17H,4-5,8-9,11-12,14H2,(H2,20,21,22,25). The van der Waals surface area contributed by atoms with Gasteiger partial charge in [-0.2, -0.15) is 5.10 Å². The van der Waals surface area contributed by atoms with Crippen LogP contribution in [0.15, 0.2) is 42.6 Å². The number of anilines is 1. The van der Waals surface area contributed by atoms with Gasteiger partial charge in [0.1, 0.15) is 0 Å². The van der Waals surface area contributed by atoms with Gasteiger partial charge in [-0.3, -0.25) is 14.9 Å². The third kappa shape index (κ3) is 3.85. The molecule has 2 saturated heterocycles. The second-order valence-corrected chi connectivity index (χ2v) is 6.98. The summed E-state index contributed by atoms with van der Waals surface area (Å²) < 4.78 is 1.84. The van der Waals surface area contributed by atoms with Crippen LogP contribution in [-0.2, 0) is 6.54 Å². The number of hydrogen-bond acceptors (Lipinski definition) is 3. The number of hydrogen-bond donors (Lipinski definition) is 2. The lowest BCUT2D eigenvalue weighted by molar-refractivity contribution is 0.180. The van der Waals surface area contributed by atoms with E-state index in [9.17, 15) is 4.79 Å². The molecule has 0 saturated carbocycles. The van der Waals surface area contributed by atoms with Gasteiger partial charge < -0.3 is 5.32 Å². The van der Waals surface area contributed by atoms with Crippen LogP contribution in [0.4, 0.5) is 10.6 Å². The summed E-state index contributed by atoms with van der Waals surface area (Å²) in [4.78, 5) is 14.8. The van der Waals surface area contributed by atoms with Gasteiger partial charge in [0, 0.05) is 30.9 Å². The van der Waals surface area contributed by atoms with Crippen LogP contribution in [0.25, 0.3) is 0 Å². The van der Waals surface area contributed by atoms with E-state index >= 15 is 0 Å². The average molecular weight is 339 g/mol. The van der Waals surface area contributed by atoms with Crippen LogP contribution in [0.2, 0.25) is 0 Å². The number of benzene rings is 1. The topological polar surface area (TPSA) is 62.2 Å². The predicted octanol–water partition coefficient (Wildman–Crippen LogP) is 2.68. The number of rotatable bonds is 4. The minimum absolute atomic E-state index is 0.151. The Morgan fingerprint density at radius 1 is 1.12 bits per heavy atom. The number of carbonyl (C=O) groups is 1. The Bertz CT molecular complexity index is 714. The molecule has 2 aromatic rings. The van der Waals surface area contributed by atoms with E-state index in [-0.39, 0.29) is 12.1 Å². The van der Waals surface area contributed by atoms with Crippen molar-refractivity contribution >= 4 is 11.8 Å². The third-order valence-corrected chi connectivity index (χ3v) is 5.24. The monoisotopic (exact) mass is 339 g/mol. The fourth-order valence-corrected chi connectivity index (χ4v) is 4.02. The summed E-state index contributed by atoms with van der Waals surface area (Å²) in [7, 11) is 0. The van der Waals surface area contributed by atoms with Gasteiger partial charge in [-0.05, 0) is 31.4 Å². The zero-order chi connectivity index (χ0) is 17.1. The summed E-state index contributed by atoms with van der Waals surface area (Å²) in [6, 6.07) is 12.6. The summed E-state index contributed by atoms with van der Waals surface area (Å²) in [5.74, 6) is 0.590. The van der Waals surface area contributed by atoms with E-state index < -0.39 is 0 Å². The molecule has 132 valence electrons. The molecule has 0 aliphatic carbocycles. The largest absolute Gasteiger partial charge is 0.333 e. The molecule has 0 bridgehead atoms. The van der Waals surface area contributed by atoms with E-state index in [1.807, 2.05) is 35.1 Å². The van der Waals surface area contributed by atoms with E-state index in [2.05, 4.69) is 32.8 Å². The molecular formula is C19H25N5O. The summed E-state index contributed by atoms with van der Waals surface area (Å²) in [6.45, 7) is 2.97. The Balaban J connectivity index is 1.31. The molecule has 6 nitrogen and oxygen atoms in total. The lowest BCUT2D eigenvalue weighted by Crippen LogP contribution is -2.48. The van der Waals surface area contributed by atoms with Gasteiger partial charge in [-0.1, -0.05) is 36.8 Å². The van der Waals surface area contributed by atoms with Gasteiger partial charge in [0.25, 0.3) is 0 Å². The molecule has 6 heteroatoms. The van der Waals surface area contributed by atoms with Crippen molar-refractivity contribution in [1.29, 1.82) is 0 Å². The van der Waals surface area contributed by atoms with Crippen LogP contribution in [0.3, 0.4) is 0 Å². The smallest absolute Gasteiger partial charge is 0.320 e. The lowest BCUT2D eigenvalue weighted by Gasteiger charge is -2.32. The highest BCUT2D eigenvalue weighted by molar-refractivity contribution is 5.88. The van der Waals surface area contributed by atoms with E-state index in [0.717, 1.165) is 13.0 Å². The van der Waals surface area contributed by atoms with Gasteiger partial charge in [-0.25, -0.2) is 4.79 Å². The molecule has 2 N–H and O–H groups in total. The maximum atomic E-state index is 12.3. The van der Waals surface area contributed by atoms with Crippen LogP contribution in [0.5, 0.6) is 0 Å². The van der Waals surface area contributed by atoms with Gasteiger partial charge in [0.05, 0.1) is 6.54 Å². The fraction of sp³-hybridized carbons (Fsp3) is 0.474. The Morgan fingerprint density at radius 3 is 2.88 bits per heavy atom. The average Bonchev–Trinajstić information content (AvgIpc) is 3.23. The van der Waals surface area contributed by atoms with Crippen molar-refractivity contribution in [3.63, 3.8) is 0 Å². The molecule has 0 radical (unpaired) electrons. The maximum absolute atomic E-state index is 12.3. The van der Waals surface area contributed by atoms with E-state index in [1.165, 1.54) is 31.4 Å². The first kappa shape index (κ1) is 16.1. The second-order valence-electron chi connectivity index (χ2n) is 6.98. The highest BCUT2D eigenvalue weighted by Gasteiger charge is 2.36. The number of urea groups is 1. The number of nitrogens with one attached hydrogen (secondary N) is 2. The third-order valence-electron chi connectivity index (χ3n) is 5.24. The van der Waals surface area contributed by atoms with E-state index in [0.29, 0.717) is 18.4 Å². The van der Waals surface area contributed by atoms with Crippen molar-refractivity contribution in [3.8, 4) is 0 Å². The Hall–Kier alpha value is -2.34. The van der Waals surface area contributed by atoms with Crippen molar-refractivity contribution in [2.75, 3.05) is 18.4 Å². The number of fused-ring (bicyclic) bond motifs is 1. The van der Waals surface area contributed by atoms with Gasteiger partial charge in [-0.15, -0.1) is 0 Å². The SMILES string of the molecule is O=C(Nc1ccn(Cc2ccccc2)n1)NC1CCN2CCCCC12. The fourth-order valence-electron chi connectivity index (χ4n) is 4.02. The predicted molar refractivity (Wildman–Crippen MR) is 97.5 cm³/mol. The summed E-state index contributed by atoms with van der Waals surface area (Å²) in [6.07, 6.45) is 6.68. The molecule has 25 heavy (non-hydrogen) atoms. The first-order valence-electron chi connectivity index (χ1n) is 9.17. The lowest BCUT2D eigenvalue weighted by atomic mass is 9.99. The minimum Gasteiger partial charge on any atom is -0.333 e. The molecule has 2 aliphatic rings. The van der Waals surface area contributed by atoms with Crippen molar-refractivity contribution in [2.24, 2.45) is 0 Å². The van der Waals surface area contributed by atoms with E-state index in [4.69, 9.17) is 0 Å². The highest BCUT2D eigenvalue weighted by Crippen LogP contribution is 2.27. The molecular weight excluding hydrogens is 314 g/mol. The summed E-state index contributed by atoms with van der Waals surface area (Å²) >= 11 is 0. The first-order chi connectivity index (χ1) is 12.3. The first-order valence-corrected chi connectivity index (χ1v) is 9.17. The number of carbonyl (C=O) groups excluding carboxylic acids is 1. The number of aromatic nitrogens is 2. The van der Waals surface area contributed by atoms with Gasteiger partial charge >= 0.3 is 6.03 Å². The Labute approximate surface area is 148 Å².